The molecule has 0 saturated carbocycles. The van der Waals surface area contributed by atoms with Crippen LogP contribution in [0.25, 0.3) is 16.3 Å². The molecule has 0 amide bonds. The molecule has 0 fully saturated rings. The summed E-state index contributed by atoms with van der Waals surface area (Å²) < 4.78 is 1.80. The van der Waals surface area contributed by atoms with Crippen LogP contribution >= 0.6 is 23.1 Å². The SMILES string of the molecule is O=c1cc(CSc2n[nH]c(-c3ccccc3)n2)nc2sc3c(n12)CCCC3. The van der Waals surface area contributed by atoms with Crippen LogP contribution in [0.2, 0.25) is 0 Å². The summed E-state index contributed by atoms with van der Waals surface area (Å²) in [5.41, 5.74) is 2.96. The van der Waals surface area contributed by atoms with E-state index in [-0.39, 0.29) is 5.56 Å². The molecule has 0 aliphatic heterocycles. The average Bonchev–Trinajstić information content (AvgIpc) is 3.31. The monoisotopic (exact) mass is 395 g/mol. The van der Waals surface area contributed by atoms with E-state index in [1.165, 1.54) is 28.8 Å². The number of nitrogens with zero attached hydrogens (tertiary/aromatic N) is 4. The second-order valence-corrected chi connectivity index (χ2v) is 8.51. The molecule has 6 nitrogen and oxygen atoms in total. The zero-order valence-corrected chi connectivity index (χ0v) is 16.1. The van der Waals surface area contributed by atoms with Gasteiger partial charge >= 0.3 is 0 Å². The van der Waals surface area contributed by atoms with Crippen molar-refractivity contribution in [3.05, 3.63) is 63.0 Å². The minimum Gasteiger partial charge on any atom is -0.269 e. The third-order valence-electron chi connectivity index (χ3n) is 4.68. The van der Waals surface area contributed by atoms with Crippen LogP contribution in [0.15, 0.2) is 46.3 Å². The summed E-state index contributed by atoms with van der Waals surface area (Å²) in [6.45, 7) is 0. The number of aromatic amines is 1. The zero-order valence-electron chi connectivity index (χ0n) is 14.5. The summed E-state index contributed by atoms with van der Waals surface area (Å²) in [6, 6.07) is 11.5. The first-order chi connectivity index (χ1) is 13.3. The van der Waals surface area contributed by atoms with Gasteiger partial charge in [0.1, 0.15) is 0 Å². The van der Waals surface area contributed by atoms with Crippen LogP contribution in [-0.2, 0) is 18.6 Å². The maximum absolute atomic E-state index is 12.6. The van der Waals surface area contributed by atoms with Crippen molar-refractivity contribution in [3.8, 4) is 11.4 Å². The van der Waals surface area contributed by atoms with Gasteiger partial charge in [0.2, 0.25) is 5.16 Å². The second kappa shape index (κ2) is 6.94. The number of thiazole rings is 1. The molecule has 27 heavy (non-hydrogen) atoms. The molecular weight excluding hydrogens is 378 g/mol. The van der Waals surface area contributed by atoms with Crippen LogP contribution in [0.3, 0.4) is 0 Å². The number of rotatable bonds is 4. The zero-order chi connectivity index (χ0) is 18.2. The quantitative estimate of drug-likeness (QED) is 0.533. The van der Waals surface area contributed by atoms with Gasteiger partial charge in [-0.2, -0.15) is 0 Å². The summed E-state index contributed by atoms with van der Waals surface area (Å²) in [6.07, 6.45) is 4.39. The Morgan fingerprint density at radius 1 is 1.15 bits per heavy atom. The maximum atomic E-state index is 12.6. The minimum absolute atomic E-state index is 0.0231. The Morgan fingerprint density at radius 2 is 2.00 bits per heavy atom. The van der Waals surface area contributed by atoms with Gasteiger partial charge in [-0.05, 0) is 25.7 Å². The predicted octanol–water partition coefficient (Wildman–Crippen LogP) is 3.71. The predicted molar refractivity (Wildman–Crippen MR) is 107 cm³/mol. The van der Waals surface area contributed by atoms with Gasteiger partial charge in [-0.25, -0.2) is 9.97 Å². The number of aromatic nitrogens is 5. The lowest BCUT2D eigenvalue weighted by atomic mass is 10.0. The summed E-state index contributed by atoms with van der Waals surface area (Å²) in [5, 5.41) is 7.88. The van der Waals surface area contributed by atoms with Crippen LogP contribution < -0.4 is 5.56 Å². The number of hydrogen-bond acceptors (Lipinski definition) is 6. The Balaban J connectivity index is 1.38. The van der Waals surface area contributed by atoms with E-state index >= 15 is 0 Å². The highest BCUT2D eigenvalue weighted by molar-refractivity contribution is 7.98. The van der Waals surface area contributed by atoms with Crippen molar-refractivity contribution < 1.29 is 0 Å². The van der Waals surface area contributed by atoms with Crippen molar-refractivity contribution in [1.29, 1.82) is 0 Å². The lowest BCUT2D eigenvalue weighted by Gasteiger charge is -2.09. The van der Waals surface area contributed by atoms with Crippen molar-refractivity contribution in [2.45, 2.75) is 36.6 Å². The Labute approximate surface area is 163 Å². The molecule has 1 N–H and O–H groups in total. The molecule has 0 radical (unpaired) electrons. The van der Waals surface area contributed by atoms with Crippen LogP contribution in [0, 0.1) is 0 Å². The van der Waals surface area contributed by atoms with Crippen molar-refractivity contribution in [2.75, 3.05) is 0 Å². The highest BCUT2D eigenvalue weighted by Gasteiger charge is 2.18. The van der Waals surface area contributed by atoms with Crippen LogP contribution in [-0.4, -0.2) is 24.6 Å². The van der Waals surface area contributed by atoms with E-state index in [0.717, 1.165) is 41.3 Å². The largest absolute Gasteiger partial charge is 0.269 e. The van der Waals surface area contributed by atoms with Gasteiger partial charge in [-0.1, -0.05) is 42.1 Å². The average molecular weight is 396 g/mol. The summed E-state index contributed by atoms with van der Waals surface area (Å²) >= 11 is 3.14. The van der Waals surface area contributed by atoms with E-state index in [2.05, 4.69) is 15.2 Å². The Bertz CT molecular complexity index is 1160. The maximum Gasteiger partial charge on any atom is 0.259 e. The Kier molecular flexibility index (Phi) is 4.29. The fourth-order valence-corrected chi connectivity index (χ4v) is 5.31. The van der Waals surface area contributed by atoms with Gasteiger partial charge in [-0.15, -0.1) is 16.4 Å². The smallest absolute Gasteiger partial charge is 0.259 e. The Morgan fingerprint density at radius 3 is 2.89 bits per heavy atom. The van der Waals surface area contributed by atoms with Gasteiger partial charge < -0.3 is 0 Å². The molecule has 0 saturated heterocycles. The lowest BCUT2D eigenvalue weighted by molar-refractivity contribution is 0.670. The highest BCUT2D eigenvalue weighted by Crippen LogP contribution is 2.29. The molecule has 0 bridgehead atoms. The lowest BCUT2D eigenvalue weighted by Crippen LogP contribution is -2.17. The van der Waals surface area contributed by atoms with Gasteiger partial charge in [0, 0.05) is 28.0 Å². The first-order valence-electron chi connectivity index (χ1n) is 8.92. The fraction of sp³-hybridized carbons (Fsp3) is 0.263. The molecule has 0 unspecified atom stereocenters. The molecule has 8 heteroatoms. The van der Waals surface area contributed by atoms with E-state index in [4.69, 9.17) is 4.98 Å². The molecule has 136 valence electrons. The normalized spacial score (nSPS) is 13.8. The molecule has 3 aromatic heterocycles. The van der Waals surface area contributed by atoms with Gasteiger partial charge in [-0.3, -0.25) is 14.3 Å². The summed E-state index contributed by atoms with van der Waals surface area (Å²) in [5.74, 6) is 1.31. The standard InChI is InChI=1S/C19H17N5OS2/c25-16-10-13(20-19-24(16)14-8-4-5-9-15(14)27-19)11-26-18-21-17(22-23-18)12-6-2-1-3-7-12/h1-3,6-7,10H,4-5,8-9,11H2,(H,21,22,23). The minimum atomic E-state index is 0.0231. The van der Waals surface area contributed by atoms with Crippen molar-refractivity contribution in [2.24, 2.45) is 0 Å². The second-order valence-electron chi connectivity index (χ2n) is 6.50. The van der Waals surface area contributed by atoms with Crippen LogP contribution in [0.5, 0.6) is 0 Å². The summed E-state index contributed by atoms with van der Waals surface area (Å²) in [4.78, 5) is 24.0. The molecule has 0 spiro atoms. The van der Waals surface area contributed by atoms with Gasteiger partial charge in [0.15, 0.2) is 10.8 Å². The van der Waals surface area contributed by atoms with Crippen LogP contribution in [0.4, 0.5) is 0 Å². The first kappa shape index (κ1) is 16.7. The topological polar surface area (TPSA) is 75.9 Å². The van der Waals surface area contributed by atoms with Crippen LogP contribution in [0.1, 0.15) is 29.1 Å². The molecule has 4 aromatic rings. The van der Waals surface area contributed by atoms with E-state index in [1.807, 2.05) is 30.3 Å². The van der Waals surface area contributed by atoms with E-state index < -0.39 is 0 Å². The number of benzene rings is 1. The van der Waals surface area contributed by atoms with E-state index in [1.54, 1.807) is 21.8 Å². The highest BCUT2D eigenvalue weighted by atomic mass is 32.2. The first-order valence-corrected chi connectivity index (χ1v) is 10.7. The Hall–Kier alpha value is -2.45. The number of aryl methyl sites for hydroxylation is 2. The third kappa shape index (κ3) is 3.19. The number of nitrogens with one attached hydrogen (secondary N) is 1. The van der Waals surface area contributed by atoms with E-state index in [9.17, 15) is 4.79 Å². The molecule has 1 aromatic carbocycles. The van der Waals surface area contributed by atoms with Gasteiger partial charge in [0.25, 0.3) is 5.56 Å². The molecule has 3 heterocycles. The summed E-state index contributed by atoms with van der Waals surface area (Å²) in [7, 11) is 0. The van der Waals surface area contributed by atoms with E-state index in [0.29, 0.717) is 10.9 Å². The van der Waals surface area contributed by atoms with Crippen molar-refractivity contribution in [1.82, 2.24) is 24.6 Å². The molecule has 1 aliphatic carbocycles. The fourth-order valence-electron chi connectivity index (χ4n) is 3.39. The number of thioether (sulfide) groups is 1. The number of fused-ring (bicyclic) bond motifs is 3. The van der Waals surface area contributed by atoms with Crippen molar-refractivity contribution in [3.63, 3.8) is 0 Å². The molecule has 0 atom stereocenters. The number of hydrogen-bond donors (Lipinski definition) is 1. The molecular formula is C19H17N5OS2. The molecule has 1 aliphatic rings. The molecule has 5 rings (SSSR count). The van der Waals surface area contributed by atoms with Gasteiger partial charge in [0.05, 0.1) is 5.69 Å². The third-order valence-corrected chi connectivity index (χ3v) is 6.70. The van der Waals surface area contributed by atoms with Crippen molar-refractivity contribution >= 4 is 28.1 Å². The number of H-pyrrole nitrogens is 1.